The van der Waals surface area contributed by atoms with E-state index in [0.29, 0.717) is 19.3 Å². The summed E-state index contributed by atoms with van der Waals surface area (Å²) in [5.41, 5.74) is -0.536. The lowest BCUT2D eigenvalue weighted by Crippen LogP contribution is -2.40. The number of thioether (sulfide) groups is 1. The summed E-state index contributed by atoms with van der Waals surface area (Å²) >= 11 is 1.34. The fraction of sp³-hybridized carbons (Fsp3) is 0.833. The van der Waals surface area contributed by atoms with E-state index in [1.54, 1.807) is 27.0 Å². The molecule has 1 unspecified atom stereocenters. The Morgan fingerprint density at radius 2 is 2.06 bits per heavy atom. The summed E-state index contributed by atoms with van der Waals surface area (Å²) in [6.07, 6.45) is 3.01. The maximum Gasteiger partial charge on any atom is 0.407 e. The molecular formula is C12H21NO4S. The Hall–Kier alpha value is -0.910. The van der Waals surface area contributed by atoms with Gasteiger partial charge in [0.25, 0.3) is 0 Å². The third-order valence-electron chi connectivity index (χ3n) is 2.97. The molecule has 5 nitrogen and oxygen atoms in total. The number of amides is 1. The van der Waals surface area contributed by atoms with Gasteiger partial charge in [0.1, 0.15) is 10.3 Å². The summed E-state index contributed by atoms with van der Waals surface area (Å²) in [4.78, 5) is 22.8. The molecule has 1 aliphatic rings. The first-order chi connectivity index (χ1) is 8.18. The van der Waals surface area contributed by atoms with Crippen molar-refractivity contribution in [3.63, 3.8) is 0 Å². The molecule has 0 saturated heterocycles. The van der Waals surface area contributed by atoms with Crippen molar-refractivity contribution in [2.24, 2.45) is 0 Å². The lowest BCUT2D eigenvalue weighted by molar-refractivity contribution is -0.139. The van der Waals surface area contributed by atoms with Crippen LogP contribution in [0, 0.1) is 0 Å². The van der Waals surface area contributed by atoms with Gasteiger partial charge in [-0.2, -0.15) is 0 Å². The quantitative estimate of drug-likeness (QED) is 0.826. The van der Waals surface area contributed by atoms with Crippen LogP contribution in [0.25, 0.3) is 0 Å². The summed E-state index contributed by atoms with van der Waals surface area (Å²) in [6, 6.07) is -0.122. The number of ether oxygens (including phenoxy) is 1. The number of carbonyl (C=O) groups is 2. The minimum atomic E-state index is -0.802. The predicted molar refractivity (Wildman–Crippen MR) is 70.9 cm³/mol. The minimum Gasteiger partial charge on any atom is -0.480 e. The largest absolute Gasteiger partial charge is 0.480 e. The number of aliphatic carboxylic acids is 1. The number of rotatable bonds is 3. The van der Waals surface area contributed by atoms with Gasteiger partial charge in [0.2, 0.25) is 0 Å². The smallest absolute Gasteiger partial charge is 0.407 e. The number of carbonyl (C=O) groups excluding carboxylic acids is 1. The lowest BCUT2D eigenvalue weighted by atomic mass is 10.1. The van der Waals surface area contributed by atoms with Crippen molar-refractivity contribution < 1.29 is 19.4 Å². The van der Waals surface area contributed by atoms with Crippen LogP contribution in [0.1, 0.15) is 40.0 Å². The van der Waals surface area contributed by atoms with Crippen LogP contribution in [-0.4, -0.2) is 39.8 Å². The normalized spacial score (nSPS) is 27.9. The summed E-state index contributed by atoms with van der Waals surface area (Å²) in [6.45, 7) is 5.39. The van der Waals surface area contributed by atoms with E-state index < -0.39 is 22.4 Å². The van der Waals surface area contributed by atoms with Crippen LogP contribution in [-0.2, 0) is 9.53 Å². The molecule has 1 rings (SSSR count). The Balaban J connectivity index is 2.53. The number of hydrogen-bond donors (Lipinski definition) is 2. The molecular weight excluding hydrogens is 254 g/mol. The topological polar surface area (TPSA) is 75.6 Å². The van der Waals surface area contributed by atoms with E-state index in [2.05, 4.69) is 5.32 Å². The first-order valence-corrected chi connectivity index (χ1v) is 7.19. The van der Waals surface area contributed by atoms with E-state index >= 15 is 0 Å². The second-order valence-corrected chi connectivity index (χ2v) is 6.78. The standard InChI is InChI=1S/C12H21NO4S/c1-11(2,3)17-10(16)13-8-5-6-12(7-8,18-4)9(14)15/h8H,5-7H2,1-4H3,(H,13,16)(H,14,15)/t8-,12?/m1/s1. The number of nitrogens with one attached hydrogen (secondary N) is 1. The Labute approximate surface area is 112 Å². The molecule has 0 aromatic heterocycles. The van der Waals surface area contributed by atoms with Crippen LogP contribution >= 0.6 is 11.8 Å². The highest BCUT2D eigenvalue weighted by Gasteiger charge is 2.45. The molecule has 104 valence electrons. The van der Waals surface area contributed by atoms with E-state index in [1.807, 2.05) is 0 Å². The Morgan fingerprint density at radius 1 is 1.44 bits per heavy atom. The highest BCUT2D eigenvalue weighted by atomic mass is 32.2. The maximum absolute atomic E-state index is 11.6. The van der Waals surface area contributed by atoms with E-state index in [1.165, 1.54) is 11.8 Å². The second-order valence-electron chi connectivity index (χ2n) is 5.59. The molecule has 1 aliphatic carbocycles. The number of hydrogen-bond acceptors (Lipinski definition) is 4. The average molecular weight is 275 g/mol. The molecule has 1 amide bonds. The molecule has 0 spiro atoms. The molecule has 18 heavy (non-hydrogen) atoms. The summed E-state index contributed by atoms with van der Waals surface area (Å²) in [7, 11) is 0. The SMILES string of the molecule is CSC1(C(=O)O)CC[C@@H](NC(=O)OC(C)(C)C)C1. The summed E-state index contributed by atoms with van der Waals surface area (Å²) in [5, 5.41) is 12.0. The monoisotopic (exact) mass is 275 g/mol. The van der Waals surface area contributed by atoms with Gasteiger partial charge in [-0.05, 0) is 46.3 Å². The van der Waals surface area contributed by atoms with E-state index in [0.717, 1.165) is 0 Å². The molecule has 0 aromatic carbocycles. The molecule has 0 radical (unpaired) electrons. The van der Waals surface area contributed by atoms with Crippen molar-refractivity contribution >= 4 is 23.8 Å². The van der Waals surface area contributed by atoms with Gasteiger partial charge < -0.3 is 15.2 Å². The van der Waals surface area contributed by atoms with Crippen LogP contribution in [0.2, 0.25) is 0 Å². The minimum absolute atomic E-state index is 0.122. The zero-order chi connectivity index (χ0) is 14.0. The van der Waals surface area contributed by atoms with Gasteiger partial charge in [-0.3, -0.25) is 4.79 Å². The number of alkyl carbamates (subject to hydrolysis) is 1. The second kappa shape index (κ2) is 5.38. The van der Waals surface area contributed by atoms with Crippen LogP contribution in [0.15, 0.2) is 0 Å². The van der Waals surface area contributed by atoms with Gasteiger partial charge in [-0.15, -0.1) is 11.8 Å². The number of carboxylic acid groups (broad SMARTS) is 1. The molecule has 1 saturated carbocycles. The highest BCUT2D eigenvalue weighted by Crippen LogP contribution is 2.40. The molecule has 2 N–H and O–H groups in total. The molecule has 0 bridgehead atoms. The predicted octanol–water partition coefficient (Wildman–Crippen LogP) is 2.25. The van der Waals surface area contributed by atoms with E-state index in [-0.39, 0.29) is 6.04 Å². The van der Waals surface area contributed by atoms with Crippen molar-refractivity contribution in [2.75, 3.05) is 6.26 Å². The van der Waals surface area contributed by atoms with Crippen LogP contribution < -0.4 is 5.32 Å². The average Bonchev–Trinajstić information content (AvgIpc) is 2.59. The van der Waals surface area contributed by atoms with Gasteiger partial charge in [0.05, 0.1) is 0 Å². The van der Waals surface area contributed by atoms with Crippen LogP contribution in [0.3, 0.4) is 0 Å². The van der Waals surface area contributed by atoms with Crippen molar-refractivity contribution in [1.29, 1.82) is 0 Å². The van der Waals surface area contributed by atoms with Crippen molar-refractivity contribution in [3.05, 3.63) is 0 Å². The summed E-state index contributed by atoms with van der Waals surface area (Å²) in [5.74, 6) is -0.802. The molecule has 1 fully saturated rings. The first-order valence-electron chi connectivity index (χ1n) is 5.96. The van der Waals surface area contributed by atoms with Crippen LogP contribution in [0.5, 0.6) is 0 Å². The first kappa shape index (κ1) is 15.1. The third-order valence-corrected chi connectivity index (χ3v) is 4.30. The Morgan fingerprint density at radius 3 is 2.44 bits per heavy atom. The molecule has 2 atom stereocenters. The zero-order valence-corrected chi connectivity index (χ0v) is 12.1. The van der Waals surface area contributed by atoms with Gasteiger partial charge in [-0.1, -0.05) is 0 Å². The molecule has 0 heterocycles. The van der Waals surface area contributed by atoms with Gasteiger partial charge >= 0.3 is 12.1 Å². The zero-order valence-electron chi connectivity index (χ0n) is 11.3. The van der Waals surface area contributed by atoms with Crippen molar-refractivity contribution in [3.8, 4) is 0 Å². The van der Waals surface area contributed by atoms with Gasteiger partial charge in [-0.25, -0.2) is 4.79 Å². The van der Waals surface area contributed by atoms with Gasteiger partial charge in [0.15, 0.2) is 0 Å². The molecule has 0 aliphatic heterocycles. The molecule has 6 heteroatoms. The Bertz CT molecular complexity index is 339. The summed E-state index contributed by atoms with van der Waals surface area (Å²) < 4.78 is 4.39. The fourth-order valence-electron chi connectivity index (χ4n) is 2.07. The van der Waals surface area contributed by atoms with E-state index in [9.17, 15) is 14.7 Å². The van der Waals surface area contributed by atoms with Gasteiger partial charge in [0, 0.05) is 6.04 Å². The highest BCUT2D eigenvalue weighted by molar-refractivity contribution is 8.00. The maximum atomic E-state index is 11.6. The van der Waals surface area contributed by atoms with Crippen molar-refractivity contribution in [2.45, 2.75) is 56.4 Å². The third kappa shape index (κ3) is 3.80. The number of carboxylic acids is 1. The van der Waals surface area contributed by atoms with Crippen molar-refractivity contribution in [1.82, 2.24) is 5.32 Å². The van der Waals surface area contributed by atoms with E-state index in [4.69, 9.17) is 4.74 Å². The van der Waals surface area contributed by atoms with Crippen LogP contribution in [0.4, 0.5) is 4.79 Å². The fourth-order valence-corrected chi connectivity index (χ4v) is 2.94. The molecule has 0 aromatic rings. The lowest BCUT2D eigenvalue weighted by Gasteiger charge is -2.23. The Kier molecular flexibility index (Phi) is 4.53.